The SMILES string of the molecule is O=C(NCc1ccncn1)c1ccc(Br)cn1. The van der Waals surface area contributed by atoms with Crippen molar-refractivity contribution in [3.8, 4) is 0 Å². The fourth-order valence-electron chi connectivity index (χ4n) is 1.19. The van der Waals surface area contributed by atoms with E-state index < -0.39 is 0 Å². The maximum absolute atomic E-state index is 11.7. The molecular weight excluding hydrogens is 284 g/mol. The van der Waals surface area contributed by atoms with Gasteiger partial charge in [0.2, 0.25) is 0 Å². The van der Waals surface area contributed by atoms with Crippen LogP contribution in [-0.4, -0.2) is 20.9 Å². The number of carbonyl (C=O) groups excluding carboxylic acids is 1. The molecule has 0 saturated carbocycles. The summed E-state index contributed by atoms with van der Waals surface area (Å²) in [5.74, 6) is -0.226. The van der Waals surface area contributed by atoms with Crippen molar-refractivity contribution in [1.29, 1.82) is 0 Å². The molecule has 5 nitrogen and oxygen atoms in total. The Balaban J connectivity index is 1.96. The van der Waals surface area contributed by atoms with Gasteiger partial charge < -0.3 is 5.32 Å². The fraction of sp³-hybridized carbons (Fsp3) is 0.0909. The Kier molecular flexibility index (Phi) is 3.77. The molecule has 0 aliphatic rings. The highest BCUT2D eigenvalue weighted by Gasteiger charge is 2.06. The van der Waals surface area contributed by atoms with E-state index in [0.717, 1.165) is 10.2 Å². The summed E-state index contributed by atoms with van der Waals surface area (Å²) in [4.78, 5) is 23.5. The number of hydrogen-bond donors (Lipinski definition) is 1. The van der Waals surface area contributed by atoms with Crippen molar-refractivity contribution in [2.75, 3.05) is 0 Å². The molecule has 1 N–H and O–H groups in total. The summed E-state index contributed by atoms with van der Waals surface area (Å²) >= 11 is 3.26. The van der Waals surface area contributed by atoms with Gasteiger partial charge in [0.15, 0.2) is 0 Å². The third kappa shape index (κ3) is 3.32. The zero-order chi connectivity index (χ0) is 12.1. The predicted octanol–water partition coefficient (Wildman–Crippen LogP) is 1.56. The van der Waals surface area contributed by atoms with E-state index in [1.54, 1.807) is 30.6 Å². The van der Waals surface area contributed by atoms with Crippen LogP contribution in [0, 0.1) is 0 Å². The van der Waals surface area contributed by atoms with Crippen molar-refractivity contribution >= 4 is 21.8 Å². The molecule has 86 valence electrons. The minimum Gasteiger partial charge on any atom is -0.345 e. The van der Waals surface area contributed by atoms with E-state index in [4.69, 9.17) is 0 Å². The topological polar surface area (TPSA) is 67.8 Å². The van der Waals surface area contributed by atoms with E-state index in [1.165, 1.54) is 6.33 Å². The van der Waals surface area contributed by atoms with E-state index >= 15 is 0 Å². The van der Waals surface area contributed by atoms with Crippen molar-refractivity contribution in [2.45, 2.75) is 6.54 Å². The second-order valence-electron chi connectivity index (χ2n) is 3.25. The zero-order valence-electron chi connectivity index (χ0n) is 8.80. The Morgan fingerprint density at radius 3 is 2.82 bits per heavy atom. The van der Waals surface area contributed by atoms with Gasteiger partial charge >= 0.3 is 0 Å². The number of pyridine rings is 1. The maximum Gasteiger partial charge on any atom is 0.270 e. The average Bonchev–Trinajstić information content (AvgIpc) is 2.38. The Labute approximate surface area is 106 Å². The molecule has 0 unspecified atom stereocenters. The molecule has 2 heterocycles. The summed E-state index contributed by atoms with van der Waals surface area (Å²) in [5.41, 5.74) is 1.13. The molecule has 0 aromatic carbocycles. The van der Waals surface area contributed by atoms with Crippen LogP contribution in [0.1, 0.15) is 16.2 Å². The number of nitrogens with zero attached hydrogens (tertiary/aromatic N) is 3. The lowest BCUT2D eigenvalue weighted by Gasteiger charge is -2.03. The molecule has 1 amide bonds. The highest BCUT2D eigenvalue weighted by atomic mass is 79.9. The number of hydrogen-bond acceptors (Lipinski definition) is 4. The highest BCUT2D eigenvalue weighted by Crippen LogP contribution is 2.07. The highest BCUT2D eigenvalue weighted by molar-refractivity contribution is 9.10. The van der Waals surface area contributed by atoms with Crippen molar-refractivity contribution in [1.82, 2.24) is 20.3 Å². The van der Waals surface area contributed by atoms with Crippen molar-refractivity contribution < 1.29 is 4.79 Å². The van der Waals surface area contributed by atoms with E-state index in [2.05, 4.69) is 36.2 Å². The monoisotopic (exact) mass is 292 g/mol. The van der Waals surface area contributed by atoms with Gasteiger partial charge in [-0.15, -0.1) is 0 Å². The Bertz CT molecular complexity index is 501. The van der Waals surface area contributed by atoms with Crippen LogP contribution in [0.25, 0.3) is 0 Å². The first-order valence-electron chi connectivity index (χ1n) is 4.90. The molecule has 17 heavy (non-hydrogen) atoms. The molecule has 2 aromatic rings. The predicted molar refractivity (Wildman–Crippen MR) is 65.1 cm³/mol. The van der Waals surface area contributed by atoms with Crippen LogP contribution in [0.3, 0.4) is 0 Å². The number of carbonyl (C=O) groups is 1. The third-order valence-electron chi connectivity index (χ3n) is 2.03. The van der Waals surface area contributed by atoms with Crippen LogP contribution in [0.15, 0.2) is 41.4 Å². The van der Waals surface area contributed by atoms with Crippen molar-refractivity contribution in [2.24, 2.45) is 0 Å². The van der Waals surface area contributed by atoms with Gasteiger partial charge in [0, 0.05) is 16.9 Å². The number of aromatic nitrogens is 3. The first kappa shape index (κ1) is 11.7. The second kappa shape index (κ2) is 5.49. The first-order valence-corrected chi connectivity index (χ1v) is 5.69. The Hall–Kier alpha value is -1.82. The lowest BCUT2D eigenvalue weighted by atomic mass is 10.3. The summed E-state index contributed by atoms with van der Waals surface area (Å²) < 4.78 is 0.838. The molecule has 0 bridgehead atoms. The standard InChI is InChI=1S/C11H9BrN4O/c12-8-1-2-10(14-5-8)11(17)15-6-9-3-4-13-7-16-9/h1-5,7H,6H2,(H,15,17). The molecule has 0 atom stereocenters. The number of amides is 1. The molecule has 2 rings (SSSR count). The van der Waals surface area contributed by atoms with Crippen LogP contribution in [-0.2, 0) is 6.54 Å². The smallest absolute Gasteiger partial charge is 0.270 e. The molecule has 0 saturated heterocycles. The zero-order valence-corrected chi connectivity index (χ0v) is 10.4. The van der Waals surface area contributed by atoms with Gasteiger partial charge in [0.25, 0.3) is 5.91 Å². The van der Waals surface area contributed by atoms with Crippen molar-refractivity contribution in [3.63, 3.8) is 0 Å². The molecule has 0 spiro atoms. The minimum atomic E-state index is -0.226. The first-order chi connectivity index (χ1) is 8.25. The van der Waals surface area contributed by atoms with Gasteiger partial charge in [-0.05, 0) is 34.1 Å². The quantitative estimate of drug-likeness (QED) is 0.932. The molecule has 2 aromatic heterocycles. The summed E-state index contributed by atoms with van der Waals surface area (Å²) in [6.07, 6.45) is 4.66. The van der Waals surface area contributed by atoms with Crippen LogP contribution in [0.2, 0.25) is 0 Å². The van der Waals surface area contributed by atoms with Gasteiger partial charge in [-0.1, -0.05) is 0 Å². The summed E-state index contributed by atoms with van der Waals surface area (Å²) in [5, 5.41) is 2.73. The third-order valence-corrected chi connectivity index (χ3v) is 2.50. The van der Waals surface area contributed by atoms with Crippen LogP contribution < -0.4 is 5.32 Å². The molecular formula is C11H9BrN4O. The number of rotatable bonds is 3. The Morgan fingerprint density at radius 1 is 1.29 bits per heavy atom. The van der Waals surface area contributed by atoms with Gasteiger partial charge in [-0.2, -0.15) is 0 Å². The van der Waals surface area contributed by atoms with E-state index in [-0.39, 0.29) is 5.91 Å². The molecule has 0 aliphatic heterocycles. The maximum atomic E-state index is 11.7. The average molecular weight is 293 g/mol. The fourth-order valence-corrected chi connectivity index (χ4v) is 1.43. The van der Waals surface area contributed by atoms with Gasteiger partial charge in [0.1, 0.15) is 12.0 Å². The molecule has 0 aliphatic carbocycles. The number of nitrogens with one attached hydrogen (secondary N) is 1. The molecule has 0 radical (unpaired) electrons. The number of halogens is 1. The van der Waals surface area contributed by atoms with Crippen LogP contribution in [0.5, 0.6) is 0 Å². The van der Waals surface area contributed by atoms with E-state index in [1.807, 2.05) is 0 Å². The summed E-state index contributed by atoms with van der Waals surface area (Å²) in [6, 6.07) is 5.17. The normalized spacial score (nSPS) is 9.94. The van der Waals surface area contributed by atoms with E-state index in [0.29, 0.717) is 12.2 Å². The van der Waals surface area contributed by atoms with E-state index in [9.17, 15) is 4.79 Å². The molecule has 0 fully saturated rings. The van der Waals surface area contributed by atoms with Gasteiger partial charge in [-0.25, -0.2) is 15.0 Å². The lowest BCUT2D eigenvalue weighted by molar-refractivity contribution is 0.0945. The Morgan fingerprint density at radius 2 is 2.18 bits per heavy atom. The lowest BCUT2D eigenvalue weighted by Crippen LogP contribution is -2.24. The van der Waals surface area contributed by atoms with Gasteiger partial charge in [-0.3, -0.25) is 4.79 Å². The minimum absolute atomic E-state index is 0.226. The van der Waals surface area contributed by atoms with Gasteiger partial charge in [0.05, 0.1) is 12.2 Å². The van der Waals surface area contributed by atoms with Crippen LogP contribution in [0.4, 0.5) is 0 Å². The second-order valence-corrected chi connectivity index (χ2v) is 4.16. The molecule has 6 heteroatoms. The van der Waals surface area contributed by atoms with Crippen LogP contribution >= 0.6 is 15.9 Å². The summed E-state index contributed by atoms with van der Waals surface area (Å²) in [6.45, 7) is 0.360. The van der Waals surface area contributed by atoms with Crippen molar-refractivity contribution in [3.05, 3.63) is 52.8 Å². The largest absolute Gasteiger partial charge is 0.345 e. The summed E-state index contributed by atoms with van der Waals surface area (Å²) in [7, 11) is 0.